The number of rotatable bonds is 5. The van der Waals surface area contributed by atoms with Crippen molar-refractivity contribution < 1.29 is 8.78 Å². The largest absolute Gasteiger partial charge is 0.312 e. The van der Waals surface area contributed by atoms with Gasteiger partial charge in [-0.2, -0.15) is 0 Å². The first kappa shape index (κ1) is 14.2. The van der Waals surface area contributed by atoms with Crippen LogP contribution in [0.2, 0.25) is 0 Å². The Balaban J connectivity index is 2.18. The van der Waals surface area contributed by atoms with Gasteiger partial charge in [0.05, 0.1) is 0 Å². The molecule has 2 rings (SSSR count). The highest BCUT2D eigenvalue weighted by Gasteiger charge is 2.15. The highest BCUT2D eigenvalue weighted by Crippen LogP contribution is 2.27. The molecule has 4 heteroatoms. The van der Waals surface area contributed by atoms with Crippen LogP contribution in [0.5, 0.6) is 0 Å². The molecule has 2 aromatic rings. The molecule has 0 saturated heterocycles. The highest BCUT2D eigenvalue weighted by atomic mass is 32.1. The zero-order valence-electron chi connectivity index (χ0n) is 11.0. The fourth-order valence-electron chi connectivity index (χ4n) is 2.02. The van der Waals surface area contributed by atoms with Crippen molar-refractivity contribution in [1.82, 2.24) is 5.32 Å². The monoisotopic (exact) mass is 281 g/mol. The SMILES string of the molecule is CCc1ccc(C(Cc2ccc(F)cc2F)NC)s1. The molecule has 102 valence electrons. The molecular weight excluding hydrogens is 264 g/mol. The van der Waals surface area contributed by atoms with Gasteiger partial charge < -0.3 is 5.32 Å². The number of benzene rings is 1. The molecule has 0 bridgehead atoms. The number of hydrogen-bond acceptors (Lipinski definition) is 2. The molecule has 0 aliphatic heterocycles. The minimum absolute atomic E-state index is 0.0604. The van der Waals surface area contributed by atoms with Crippen molar-refractivity contribution in [2.24, 2.45) is 0 Å². The number of thiophene rings is 1. The van der Waals surface area contributed by atoms with Crippen molar-refractivity contribution in [2.75, 3.05) is 7.05 Å². The maximum absolute atomic E-state index is 13.7. The topological polar surface area (TPSA) is 12.0 Å². The Kier molecular flexibility index (Phi) is 4.66. The van der Waals surface area contributed by atoms with E-state index < -0.39 is 11.6 Å². The molecule has 0 aliphatic rings. The molecule has 0 aliphatic carbocycles. The van der Waals surface area contributed by atoms with E-state index in [1.54, 1.807) is 11.3 Å². The van der Waals surface area contributed by atoms with Gasteiger partial charge in [-0.05, 0) is 43.7 Å². The van der Waals surface area contributed by atoms with Crippen LogP contribution in [-0.4, -0.2) is 7.05 Å². The third-order valence-corrected chi connectivity index (χ3v) is 4.51. The quantitative estimate of drug-likeness (QED) is 0.870. The van der Waals surface area contributed by atoms with E-state index in [0.29, 0.717) is 12.0 Å². The Morgan fingerprint density at radius 1 is 1.21 bits per heavy atom. The van der Waals surface area contributed by atoms with Gasteiger partial charge >= 0.3 is 0 Å². The normalized spacial score (nSPS) is 12.6. The van der Waals surface area contributed by atoms with Crippen molar-refractivity contribution in [3.63, 3.8) is 0 Å². The summed E-state index contributed by atoms with van der Waals surface area (Å²) in [5, 5.41) is 3.20. The predicted octanol–water partition coefficient (Wildman–Crippen LogP) is 4.09. The molecule has 0 spiro atoms. The second kappa shape index (κ2) is 6.26. The zero-order valence-corrected chi connectivity index (χ0v) is 11.9. The molecule has 1 nitrogen and oxygen atoms in total. The van der Waals surface area contributed by atoms with Gasteiger partial charge in [0.15, 0.2) is 0 Å². The molecule has 0 saturated carbocycles. The van der Waals surface area contributed by atoms with Crippen molar-refractivity contribution in [1.29, 1.82) is 0 Å². The van der Waals surface area contributed by atoms with Gasteiger partial charge in [-0.25, -0.2) is 8.78 Å². The Labute approximate surface area is 116 Å². The molecular formula is C15H17F2NS. The van der Waals surface area contributed by atoms with Crippen molar-refractivity contribution >= 4 is 11.3 Å². The van der Waals surface area contributed by atoms with Gasteiger partial charge in [-0.3, -0.25) is 0 Å². The maximum Gasteiger partial charge on any atom is 0.129 e. The first-order valence-electron chi connectivity index (χ1n) is 6.33. The minimum Gasteiger partial charge on any atom is -0.312 e. The average molecular weight is 281 g/mol. The summed E-state index contributed by atoms with van der Waals surface area (Å²) in [7, 11) is 1.86. The number of aryl methyl sites for hydroxylation is 1. The van der Waals surface area contributed by atoms with E-state index in [1.165, 1.54) is 21.9 Å². The molecule has 19 heavy (non-hydrogen) atoms. The summed E-state index contributed by atoms with van der Waals surface area (Å²) in [4.78, 5) is 2.50. The average Bonchev–Trinajstić information content (AvgIpc) is 2.86. The lowest BCUT2D eigenvalue weighted by Crippen LogP contribution is -2.18. The Hall–Kier alpha value is -1.26. The van der Waals surface area contributed by atoms with Crippen molar-refractivity contribution in [3.05, 3.63) is 57.3 Å². The third-order valence-electron chi connectivity index (χ3n) is 3.16. The van der Waals surface area contributed by atoms with Crippen LogP contribution in [0.25, 0.3) is 0 Å². The van der Waals surface area contributed by atoms with E-state index in [9.17, 15) is 8.78 Å². The number of likely N-dealkylation sites (N-methyl/N-ethyl adjacent to an activating group) is 1. The second-order valence-corrected chi connectivity index (χ2v) is 5.64. The summed E-state index contributed by atoms with van der Waals surface area (Å²) in [5.41, 5.74) is 0.534. The van der Waals surface area contributed by atoms with E-state index in [4.69, 9.17) is 0 Å². The van der Waals surface area contributed by atoms with Crippen LogP contribution >= 0.6 is 11.3 Å². The molecule has 1 heterocycles. The van der Waals surface area contributed by atoms with Crippen LogP contribution in [0.15, 0.2) is 30.3 Å². The van der Waals surface area contributed by atoms with Gasteiger partial charge in [-0.1, -0.05) is 13.0 Å². The van der Waals surface area contributed by atoms with E-state index >= 15 is 0 Å². The predicted molar refractivity (Wildman–Crippen MR) is 75.6 cm³/mol. The smallest absolute Gasteiger partial charge is 0.129 e. The molecule has 1 N–H and O–H groups in total. The minimum atomic E-state index is -0.536. The first-order valence-corrected chi connectivity index (χ1v) is 7.15. The summed E-state index contributed by atoms with van der Waals surface area (Å²) in [6, 6.07) is 8.00. The summed E-state index contributed by atoms with van der Waals surface area (Å²) >= 11 is 1.73. The second-order valence-electron chi connectivity index (χ2n) is 4.44. The van der Waals surface area contributed by atoms with E-state index in [-0.39, 0.29) is 6.04 Å². The van der Waals surface area contributed by atoms with Crippen LogP contribution in [0.1, 0.15) is 28.3 Å². The summed E-state index contributed by atoms with van der Waals surface area (Å²) in [6.07, 6.45) is 1.53. The van der Waals surface area contributed by atoms with Crippen LogP contribution < -0.4 is 5.32 Å². The van der Waals surface area contributed by atoms with Gasteiger partial charge in [0.25, 0.3) is 0 Å². The summed E-state index contributed by atoms with van der Waals surface area (Å²) in [5.74, 6) is -1.01. The van der Waals surface area contributed by atoms with Crippen LogP contribution in [0.3, 0.4) is 0 Å². The van der Waals surface area contributed by atoms with Crippen LogP contribution in [-0.2, 0) is 12.8 Å². The highest BCUT2D eigenvalue weighted by molar-refractivity contribution is 7.12. The Morgan fingerprint density at radius 2 is 2.00 bits per heavy atom. The number of hydrogen-bond donors (Lipinski definition) is 1. The maximum atomic E-state index is 13.7. The Bertz CT molecular complexity index is 551. The fraction of sp³-hybridized carbons (Fsp3) is 0.333. The molecule has 1 aromatic heterocycles. The summed E-state index contributed by atoms with van der Waals surface area (Å²) in [6.45, 7) is 2.11. The number of halogens is 2. The van der Waals surface area contributed by atoms with Gasteiger partial charge in [0.2, 0.25) is 0 Å². The summed E-state index contributed by atoms with van der Waals surface area (Å²) < 4.78 is 26.6. The molecule has 0 amide bonds. The van der Waals surface area contributed by atoms with Gasteiger partial charge in [-0.15, -0.1) is 11.3 Å². The third kappa shape index (κ3) is 3.39. The lowest BCUT2D eigenvalue weighted by atomic mass is 10.0. The molecule has 0 radical (unpaired) electrons. The molecule has 0 fully saturated rings. The van der Waals surface area contributed by atoms with Crippen LogP contribution in [0, 0.1) is 11.6 Å². The molecule has 1 atom stereocenters. The van der Waals surface area contributed by atoms with E-state index in [0.717, 1.165) is 12.5 Å². The zero-order chi connectivity index (χ0) is 13.8. The number of nitrogens with one attached hydrogen (secondary N) is 1. The van der Waals surface area contributed by atoms with Gasteiger partial charge in [0.1, 0.15) is 11.6 Å². The lowest BCUT2D eigenvalue weighted by molar-refractivity contribution is 0.544. The van der Waals surface area contributed by atoms with Crippen LogP contribution in [0.4, 0.5) is 8.78 Å². The van der Waals surface area contributed by atoms with Crippen molar-refractivity contribution in [2.45, 2.75) is 25.8 Å². The molecule has 1 aromatic carbocycles. The standard InChI is InChI=1S/C15H17F2NS/c1-3-12-6-7-15(19-12)14(18-2)8-10-4-5-11(16)9-13(10)17/h4-7,9,14,18H,3,8H2,1-2H3. The van der Waals surface area contributed by atoms with Gasteiger partial charge in [0, 0.05) is 21.9 Å². The van der Waals surface area contributed by atoms with E-state index in [2.05, 4.69) is 24.4 Å². The Morgan fingerprint density at radius 3 is 2.58 bits per heavy atom. The lowest BCUT2D eigenvalue weighted by Gasteiger charge is -2.15. The first-order chi connectivity index (χ1) is 9.13. The fourth-order valence-corrected chi connectivity index (χ4v) is 3.09. The van der Waals surface area contributed by atoms with E-state index in [1.807, 2.05) is 7.05 Å². The van der Waals surface area contributed by atoms with Crippen molar-refractivity contribution in [3.8, 4) is 0 Å². The molecule has 1 unspecified atom stereocenters.